The lowest BCUT2D eigenvalue weighted by molar-refractivity contribution is 0.0597. The van der Waals surface area contributed by atoms with Crippen molar-refractivity contribution in [2.75, 3.05) is 7.11 Å². The summed E-state index contributed by atoms with van der Waals surface area (Å²) in [7, 11) is 1.20. The van der Waals surface area contributed by atoms with E-state index >= 15 is 0 Å². The summed E-state index contributed by atoms with van der Waals surface area (Å²) in [6, 6.07) is 4.60. The molecule has 5 heteroatoms. The van der Waals surface area contributed by atoms with Gasteiger partial charge in [0.2, 0.25) is 0 Å². The van der Waals surface area contributed by atoms with E-state index in [2.05, 4.69) is 4.74 Å². The summed E-state index contributed by atoms with van der Waals surface area (Å²) in [4.78, 5) is 11.2. The van der Waals surface area contributed by atoms with E-state index in [-0.39, 0.29) is 22.8 Å². The SMILES string of the molecule is COC(=O)c1cc(CCl)cc(C#N)c1O. The number of methoxy groups -OCH3 is 1. The third-order valence-electron chi connectivity index (χ3n) is 1.85. The molecule has 0 atom stereocenters. The molecule has 0 radical (unpaired) electrons. The summed E-state index contributed by atoms with van der Waals surface area (Å²) in [5.41, 5.74) is 0.534. The van der Waals surface area contributed by atoms with Crippen molar-refractivity contribution in [2.24, 2.45) is 0 Å². The Morgan fingerprint density at radius 2 is 2.33 bits per heavy atom. The molecule has 1 aromatic rings. The zero-order valence-electron chi connectivity index (χ0n) is 7.95. The summed E-state index contributed by atoms with van der Waals surface area (Å²) < 4.78 is 4.46. The fourth-order valence-electron chi connectivity index (χ4n) is 1.12. The fourth-order valence-corrected chi connectivity index (χ4v) is 1.28. The standard InChI is InChI=1S/C10H8ClNO3/c1-15-10(14)8-3-6(4-11)2-7(5-12)9(8)13/h2-3,13H,4H2,1H3. The maximum Gasteiger partial charge on any atom is 0.341 e. The zero-order chi connectivity index (χ0) is 11.4. The van der Waals surface area contributed by atoms with Crippen LogP contribution in [0.25, 0.3) is 0 Å². The number of carbonyl (C=O) groups is 1. The highest BCUT2D eigenvalue weighted by atomic mass is 35.5. The number of carbonyl (C=O) groups excluding carboxylic acids is 1. The van der Waals surface area contributed by atoms with Gasteiger partial charge in [-0.25, -0.2) is 4.79 Å². The number of alkyl halides is 1. The molecule has 0 unspecified atom stereocenters. The molecule has 0 saturated carbocycles. The number of esters is 1. The minimum Gasteiger partial charge on any atom is -0.506 e. The van der Waals surface area contributed by atoms with Crippen LogP contribution in [0.5, 0.6) is 5.75 Å². The maximum atomic E-state index is 11.2. The molecule has 0 heterocycles. The highest BCUT2D eigenvalue weighted by Gasteiger charge is 2.16. The quantitative estimate of drug-likeness (QED) is 0.615. The number of benzene rings is 1. The molecule has 15 heavy (non-hydrogen) atoms. The van der Waals surface area contributed by atoms with Crippen LogP contribution in [0.2, 0.25) is 0 Å². The highest BCUT2D eigenvalue weighted by Crippen LogP contribution is 2.25. The van der Waals surface area contributed by atoms with E-state index in [9.17, 15) is 9.90 Å². The first-order valence-electron chi connectivity index (χ1n) is 4.04. The molecule has 0 saturated heterocycles. The van der Waals surface area contributed by atoms with Gasteiger partial charge in [0.05, 0.1) is 12.7 Å². The van der Waals surface area contributed by atoms with E-state index in [1.807, 2.05) is 0 Å². The first-order valence-corrected chi connectivity index (χ1v) is 4.57. The van der Waals surface area contributed by atoms with Gasteiger partial charge in [-0.1, -0.05) is 0 Å². The van der Waals surface area contributed by atoms with Crippen LogP contribution in [0, 0.1) is 11.3 Å². The van der Waals surface area contributed by atoms with Crippen molar-refractivity contribution in [3.63, 3.8) is 0 Å². The summed E-state index contributed by atoms with van der Waals surface area (Å²) in [6.07, 6.45) is 0. The normalized spacial score (nSPS) is 9.40. The lowest BCUT2D eigenvalue weighted by Gasteiger charge is -2.06. The van der Waals surface area contributed by atoms with Gasteiger partial charge in [-0.15, -0.1) is 11.6 Å². The Hall–Kier alpha value is -1.73. The van der Waals surface area contributed by atoms with Crippen molar-refractivity contribution < 1.29 is 14.6 Å². The Morgan fingerprint density at radius 3 is 2.80 bits per heavy atom. The average molecular weight is 226 g/mol. The Kier molecular flexibility index (Phi) is 3.53. The van der Waals surface area contributed by atoms with Crippen LogP contribution in [0.15, 0.2) is 12.1 Å². The number of hydrogen-bond donors (Lipinski definition) is 1. The molecule has 4 nitrogen and oxygen atoms in total. The molecule has 0 aliphatic carbocycles. The monoisotopic (exact) mass is 225 g/mol. The number of aromatic hydroxyl groups is 1. The van der Waals surface area contributed by atoms with E-state index in [0.717, 1.165) is 0 Å². The number of nitrogens with zero attached hydrogens (tertiary/aromatic N) is 1. The Bertz CT molecular complexity index is 437. The molecule has 0 amide bonds. The second-order valence-electron chi connectivity index (χ2n) is 2.78. The molecule has 0 aromatic heterocycles. The first-order chi connectivity index (χ1) is 7.13. The summed E-state index contributed by atoms with van der Waals surface area (Å²) in [5.74, 6) is -0.923. The molecule has 0 spiro atoms. The van der Waals surface area contributed by atoms with Gasteiger partial charge in [-0.05, 0) is 17.7 Å². The number of halogens is 1. The van der Waals surface area contributed by atoms with Gasteiger partial charge in [-0.3, -0.25) is 0 Å². The van der Waals surface area contributed by atoms with Crippen LogP contribution < -0.4 is 0 Å². The molecule has 78 valence electrons. The number of nitriles is 1. The average Bonchev–Trinajstić information content (AvgIpc) is 2.28. The van der Waals surface area contributed by atoms with Crippen molar-refractivity contribution in [1.29, 1.82) is 5.26 Å². The molecule has 1 aromatic carbocycles. The van der Waals surface area contributed by atoms with Crippen LogP contribution in [0.4, 0.5) is 0 Å². The van der Waals surface area contributed by atoms with E-state index in [1.165, 1.54) is 19.2 Å². The lowest BCUT2D eigenvalue weighted by atomic mass is 10.1. The number of ether oxygens (including phenoxy) is 1. The maximum absolute atomic E-state index is 11.2. The van der Waals surface area contributed by atoms with Crippen molar-refractivity contribution >= 4 is 17.6 Å². The molecule has 1 N–H and O–H groups in total. The summed E-state index contributed by atoms with van der Waals surface area (Å²) >= 11 is 5.58. The van der Waals surface area contributed by atoms with E-state index < -0.39 is 5.97 Å². The number of phenolic OH excluding ortho intramolecular Hbond substituents is 1. The fraction of sp³-hybridized carbons (Fsp3) is 0.200. The Morgan fingerprint density at radius 1 is 1.67 bits per heavy atom. The van der Waals surface area contributed by atoms with Crippen molar-refractivity contribution in [1.82, 2.24) is 0 Å². The molecule has 0 aliphatic rings. The number of hydrogen-bond acceptors (Lipinski definition) is 4. The van der Waals surface area contributed by atoms with Crippen LogP contribution in [0.1, 0.15) is 21.5 Å². The zero-order valence-corrected chi connectivity index (χ0v) is 8.71. The molecule has 1 rings (SSSR count). The van der Waals surface area contributed by atoms with Gasteiger partial charge in [-0.2, -0.15) is 5.26 Å². The van der Waals surface area contributed by atoms with Crippen LogP contribution >= 0.6 is 11.6 Å². The van der Waals surface area contributed by atoms with Gasteiger partial charge >= 0.3 is 5.97 Å². The van der Waals surface area contributed by atoms with Gasteiger partial charge in [0.25, 0.3) is 0 Å². The van der Waals surface area contributed by atoms with Crippen molar-refractivity contribution in [3.8, 4) is 11.8 Å². The first kappa shape index (κ1) is 11.3. The molecule has 0 fully saturated rings. The predicted molar refractivity (Wildman–Crippen MR) is 53.7 cm³/mol. The minimum atomic E-state index is -0.698. The third-order valence-corrected chi connectivity index (χ3v) is 2.16. The molecule has 0 aliphatic heterocycles. The lowest BCUT2D eigenvalue weighted by Crippen LogP contribution is -2.03. The van der Waals surface area contributed by atoms with E-state index in [4.69, 9.17) is 16.9 Å². The van der Waals surface area contributed by atoms with Crippen molar-refractivity contribution in [3.05, 3.63) is 28.8 Å². The van der Waals surface area contributed by atoms with Gasteiger partial charge in [0.1, 0.15) is 17.4 Å². The third kappa shape index (κ3) is 2.20. The summed E-state index contributed by atoms with van der Waals surface area (Å²) in [5, 5.41) is 18.3. The van der Waals surface area contributed by atoms with Crippen molar-refractivity contribution in [2.45, 2.75) is 5.88 Å². The van der Waals surface area contributed by atoms with Crippen LogP contribution in [-0.4, -0.2) is 18.2 Å². The van der Waals surface area contributed by atoms with E-state index in [0.29, 0.717) is 5.56 Å². The predicted octanol–water partition coefficient (Wildman–Crippen LogP) is 1.79. The largest absolute Gasteiger partial charge is 0.506 e. The summed E-state index contributed by atoms with van der Waals surface area (Å²) in [6.45, 7) is 0. The van der Waals surface area contributed by atoms with Crippen LogP contribution in [-0.2, 0) is 10.6 Å². The topological polar surface area (TPSA) is 70.3 Å². The molecular weight excluding hydrogens is 218 g/mol. The second-order valence-corrected chi connectivity index (χ2v) is 3.04. The smallest absolute Gasteiger partial charge is 0.341 e. The molecule has 0 bridgehead atoms. The number of phenols is 1. The highest BCUT2D eigenvalue weighted by molar-refractivity contribution is 6.17. The Labute approximate surface area is 91.7 Å². The van der Waals surface area contributed by atoms with Crippen LogP contribution in [0.3, 0.4) is 0 Å². The molecular formula is C10H8ClNO3. The van der Waals surface area contributed by atoms with Gasteiger partial charge in [0.15, 0.2) is 0 Å². The van der Waals surface area contributed by atoms with E-state index in [1.54, 1.807) is 6.07 Å². The van der Waals surface area contributed by atoms with Gasteiger partial charge in [0, 0.05) is 5.88 Å². The minimum absolute atomic E-state index is 0.00792. The Balaban J connectivity index is 3.38. The number of rotatable bonds is 2. The second kappa shape index (κ2) is 4.67. The van der Waals surface area contributed by atoms with Gasteiger partial charge < -0.3 is 9.84 Å².